The predicted octanol–water partition coefficient (Wildman–Crippen LogP) is 4.27. The van der Waals surface area contributed by atoms with Crippen molar-refractivity contribution in [1.29, 1.82) is 0 Å². The van der Waals surface area contributed by atoms with Crippen molar-refractivity contribution in [2.45, 2.75) is 32.6 Å². The van der Waals surface area contributed by atoms with Gasteiger partial charge in [-0.2, -0.15) is 0 Å². The summed E-state index contributed by atoms with van der Waals surface area (Å²) in [5.41, 5.74) is 1.92. The van der Waals surface area contributed by atoms with Gasteiger partial charge in [0.2, 0.25) is 0 Å². The van der Waals surface area contributed by atoms with Gasteiger partial charge in [-0.05, 0) is 67.7 Å². The Morgan fingerprint density at radius 2 is 2.10 bits per heavy atom. The molecule has 2 aliphatic rings. The molecule has 0 aliphatic heterocycles. The third kappa shape index (κ3) is 2.78. The van der Waals surface area contributed by atoms with Gasteiger partial charge in [-0.15, -0.1) is 0 Å². The third-order valence-electron chi connectivity index (χ3n) is 5.03. The van der Waals surface area contributed by atoms with Crippen LogP contribution >= 0.6 is 15.9 Å². The SMILES string of the molecule is Cc1cc(Br)cc(C(=O)N(C)CC2CC3CCC2C3)c1. The van der Waals surface area contributed by atoms with Gasteiger partial charge in [0, 0.05) is 23.6 Å². The quantitative estimate of drug-likeness (QED) is 0.807. The van der Waals surface area contributed by atoms with E-state index in [1.54, 1.807) is 0 Å². The molecule has 1 amide bonds. The summed E-state index contributed by atoms with van der Waals surface area (Å²) >= 11 is 3.47. The monoisotopic (exact) mass is 335 g/mol. The van der Waals surface area contributed by atoms with Crippen LogP contribution in [0.1, 0.15) is 41.6 Å². The molecule has 2 nitrogen and oxygen atoms in total. The lowest BCUT2D eigenvalue weighted by Gasteiger charge is -2.27. The molecule has 0 N–H and O–H groups in total. The highest BCUT2D eigenvalue weighted by atomic mass is 79.9. The van der Waals surface area contributed by atoms with Crippen molar-refractivity contribution in [3.05, 3.63) is 33.8 Å². The van der Waals surface area contributed by atoms with E-state index in [1.807, 2.05) is 37.1 Å². The maximum atomic E-state index is 12.5. The molecule has 0 spiro atoms. The zero-order valence-electron chi connectivity index (χ0n) is 12.2. The number of fused-ring (bicyclic) bond motifs is 2. The van der Waals surface area contributed by atoms with E-state index in [0.29, 0.717) is 0 Å². The van der Waals surface area contributed by atoms with Crippen LogP contribution in [0.2, 0.25) is 0 Å². The van der Waals surface area contributed by atoms with Gasteiger partial charge in [-0.3, -0.25) is 4.79 Å². The average Bonchev–Trinajstić information content (AvgIpc) is 2.98. The lowest BCUT2D eigenvalue weighted by Crippen LogP contribution is -2.33. The van der Waals surface area contributed by atoms with Crippen LogP contribution in [0.25, 0.3) is 0 Å². The summed E-state index contributed by atoms with van der Waals surface area (Å²) in [5.74, 6) is 2.70. The standard InChI is InChI=1S/C17H22BrNO/c1-11-5-14(9-16(18)6-11)17(20)19(2)10-15-8-12-3-4-13(15)7-12/h5-6,9,12-13,15H,3-4,7-8,10H2,1-2H3. The largest absolute Gasteiger partial charge is 0.341 e. The van der Waals surface area contributed by atoms with E-state index in [1.165, 1.54) is 25.7 Å². The average molecular weight is 336 g/mol. The first kappa shape index (κ1) is 14.1. The molecule has 108 valence electrons. The van der Waals surface area contributed by atoms with Crippen molar-refractivity contribution in [1.82, 2.24) is 4.90 Å². The summed E-state index contributed by atoms with van der Waals surface area (Å²) < 4.78 is 0.981. The molecule has 3 atom stereocenters. The van der Waals surface area contributed by atoms with Crippen LogP contribution in [0.5, 0.6) is 0 Å². The van der Waals surface area contributed by atoms with Crippen LogP contribution in [-0.4, -0.2) is 24.4 Å². The van der Waals surface area contributed by atoms with E-state index in [2.05, 4.69) is 15.9 Å². The van der Waals surface area contributed by atoms with Crippen molar-refractivity contribution in [2.75, 3.05) is 13.6 Å². The summed E-state index contributed by atoms with van der Waals surface area (Å²) in [6.45, 7) is 2.95. The van der Waals surface area contributed by atoms with E-state index in [-0.39, 0.29) is 5.91 Å². The minimum Gasteiger partial charge on any atom is -0.341 e. The number of carbonyl (C=O) groups excluding carboxylic acids is 1. The number of halogens is 1. The molecule has 0 aromatic heterocycles. The Morgan fingerprint density at radius 1 is 1.30 bits per heavy atom. The van der Waals surface area contributed by atoms with Gasteiger partial charge in [0.25, 0.3) is 5.91 Å². The Morgan fingerprint density at radius 3 is 2.70 bits per heavy atom. The summed E-state index contributed by atoms with van der Waals surface area (Å²) in [6, 6.07) is 5.93. The Bertz CT molecular complexity index is 507. The first-order valence-electron chi connectivity index (χ1n) is 7.55. The van der Waals surface area contributed by atoms with Crippen LogP contribution in [0.4, 0.5) is 0 Å². The van der Waals surface area contributed by atoms with Gasteiger partial charge < -0.3 is 4.90 Å². The number of benzene rings is 1. The van der Waals surface area contributed by atoms with E-state index in [4.69, 9.17) is 0 Å². The van der Waals surface area contributed by atoms with Gasteiger partial charge in [0.05, 0.1) is 0 Å². The molecule has 2 bridgehead atoms. The number of hydrogen-bond acceptors (Lipinski definition) is 1. The van der Waals surface area contributed by atoms with Crippen LogP contribution in [-0.2, 0) is 0 Å². The minimum atomic E-state index is 0.150. The molecule has 3 rings (SSSR count). The molecule has 1 aromatic rings. The molecule has 3 heteroatoms. The second-order valence-electron chi connectivity index (χ2n) is 6.64. The summed E-state index contributed by atoms with van der Waals surface area (Å²) in [6.07, 6.45) is 5.54. The molecule has 0 radical (unpaired) electrons. The number of hydrogen-bond donors (Lipinski definition) is 0. The van der Waals surface area contributed by atoms with Crippen molar-refractivity contribution < 1.29 is 4.79 Å². The van der Waals surface area contributed by atoms with Gasteiger partial charge in [0.15, 0.2) is 0 Å². The first-order valence-corrected chi connectivity index (χ1v) is 8.35. The van der Waals surface area contributed by atoms with Gasteiger partial charge in [-0.25, -0.2) is 0 Å². The smallest absolute Gasteiger partial charge is 0.253 e. The van der Waals surface area contributed by atoms with Gasteiger partial charge in [0.1, 0.15) is 0 Å². The molecule has 2 aliphatic carbocycles. The highest BCUT2D eigenvalue weighted by Gasteiger charge is 2.40. The highest BCUT2D eigenvalue weighted by Crippen LogP contribution is 2.48. The van der Waals surface area contributed by atoms with E-state index >= 15 is 0 Å². The van der Waals surface area contributed by atoms with Crippen LogP contribution in [0.15, 0.2) is 22.7 Å². The Labute approximate surface area is 129 Å². The fourth-order valence-corrected chi connectivity index (χ4v) is 4.72. The number of rotatable bonds is 3. The Kier molecular flexibility index (Phi) is 3.89. The van der Waals surface area contributed by atoms with Crippen LogP contribution < -0.4 is 0 Å². The summed E-state index contributed by atoms with van der Waals surface area (Å²) in [7, 11) is 1.95. The summed E-state index contributed by atoms with van der Waals surface area (Å²) in [4.78, 5) is 14.5. The Hall–Kier alpha value is -0.830. The molecule has 1 aromatic carbocycles. The van der Waals surface area contributed by atoms with E-state index in [9.17, 15) is 4.79 Å². The van der Waals surface area contributed by atoms with Crippen molar-refractivity contribution >= 4 is 21.8 Å². The number of amides is 1. The lowest BCUT2D eigenvalue weighted by atomic mass is 9.88. The molecule has 3 unspecified atom stereocenters. The molecule has 20 heavy (non-hydrogen) atoms. The van der Waals surface area contributed by atoms with Crippen molar-refractivity contribution in [3.8, 4) is 0 Å². The number of aryl methyl sites for hydroxylation is 1. The maximum absolute atomic E-state index is 12.5. The van der Waals surface area contributed by atoms with Crippen LogP contribution in [0, 0.1) is 24.7 Å². The van der Waals surface area contributed by atoms with Gasteiger partial charge in [-0.1, -0.05) is 22.4 Å². The second kappa shape index (κ2) is 5.51. The second-order valence-corrected chi connectivity index (χ2v) is 7.55. The fraction of sp³-hybridized carbons (Fsp3) is 0.588. The topological polar surface area (TPSA) is 20.3 Å². The zero-order chi connectivity index (χ0) is 14.3. The molecular weight excluding hydrogens is 314 g/mol. The summed E-state index contributed by atoms with van der Waals surface area (Å²) in [5, 5.41) is 0. The lowest BCUT2D eigenvalue weighted by molar-refractivity contribution is 0.0754. The van der Waals surface area contributed by atoms with E-state index < -0.39 is 0 Å². The molecule has 2 fully saturated rings. The highest BCUT2D eigenvalue weighted by molar-refractivity contribution is 9.10. The molecule has 2 saturated carbocycles. The van der Waals surface area contributed by atoms with Crippen molar-refractivity contribution in [3.63, 3.8) is 0 Å². The normalized spacial score (nSPS) is 27.9. The number of carbonyl (C=O) groups is 1. The minimum absolute atomic E-state index is 0.150. The Balaban J connectivity index is 1.67. The van der Waals surface area contributed by atoms with Crippen molar-refractivity contribution in [2.24, 2.45) is 17.8 Å². The van der Waals surface area contributed by atoms with Gasteiger partial charge >= 0.3 is 0 Å². The van der Waals surface area contributed by atoms with E-state index in [0.717, 1.165) is 39.9 Å². The number of nitrogens with zero attached hydrogens (tertiary/aromatic N) is 1. The molecule has 0 heterocycles. The maximum Gasteiger partial charge on any atom is 0.253 e. The van der Waals surface area contributed by atoms with Crippen LogP contribution in [0.3, 0.4) is 0 Å². The zero-order valence-corrected chi connectivity index (χ0v) is 13.8. The third-order valence-corrected chi connectivity index (χ3v) is 5.49. The first-order chi connectivity index (χ1) is 9.52. The molecular formula is C17H22BrNO. The fourth-order valence-electron chi connectivity index (χ4n) is 4.11. The predicted molar refractivity (Wildman–Crippen MR) is 84.8 cm³/mol. The molecule has 0 saturated heterocycles.